The Balaban J connectivity index is 2.58. The summed E-state index contributed by atoms with van der Waals surface area (Å²) in [5, 5.41) is 0. The van der Waals surface area contributed by atoms with Crippen LogP contribution in [0.2, 0.25) is 0 Å². The Hall–Kier alpha value is -0.870. The number of fused-ring (bicyclic) bond motifs is 1. The van der Waals surface area contributed by atoms with E-state index in [1.54, 1.807) is 0 Å². The van der Waals surface area contributed by atoms with Gasteiger partial charge in [-0.15, -0.1) is 0 Å². The van der Waals surface area contributed by atoms with Gasteiger partial charge in [0.15, 0.2) is 13.1 Å². The minimum Gasteiger partial charge on any atom is -0.466 e. The number of hydrogen-bond donors (Lipinski definition) is 0. The number of rotatable bonds is 1. The van der Waals surface area contributed by atoms with Crippen molar-refractivity contribution in [1.82, 2.24) is 0 Å². The molecule has 0 N–H and O–H groups in total. The highest BCUT2D eigenvalue weighted by Crippen LogP contribution is 2.31. The van der Waals surface area contributed by atoms with Gasteiger partial charge in [-0.2, -0.15) is 0 Å². The van der Waals surface area contributed by atoms with Gasteiger partial charge >= 0.3 is 0 Å². The lowest BCUT2D eigenvalue weighted by Gasteiger charge is -2.19. The molecule has 0 aliphatic carbocycles. The van der Waals surface area contributed by atoms with E-state index in [-0.39, 0.29) is 6.79 Å². The lowest BCUT2D eigenvalue weighted by molar-refractivity contribution is -0.0167. The molecule has 0 radical (unpaired) electrons. The molecule has 0 unspecified atom stereocenters. The molecule has 1 heterocycles. The Morgan fingerprint density at radius 1 is 1.46 bits per heavy atom. The topological polar surface area (TPSA) is 35.5 Å². The van der Waals surface area contributed by atoms with Crippen molar-refractivity contribution in [2.24, 2.45) is 0 Å². The van der Waals surface area contributed by atoms with Crippen LogP contribution in [0.15, 0.2) is 16.6 Å². The molecule has 2 rings (SSSR count). The average Bonchev–Trinajstić information content (AvgIpc) is 2.18. The fourth-order valence-electron chi connectivity index (χ4n) is 1.27. The summed E-state index contributed by atoms with van der Waals surface area (Å²) < 4.78 is 11.1. The summed E-state index contributed by atoms with van der Waals surface area (Å²) in [5.41, 5.74) is 1.47. The van der Waals surface area contributed by atoms with Crippen LogP contribution in [0.4, 0.5) is 0 Å². The molecule has 68 valence electrons. The predicted molar refractivity (Wildman–Crippen MR) is 49.8 cm³/mol. The minimum absolute atomic E-state index is 0.213. The third-order valence-electron chi connectivity index (χ3n) is 1.89. The summed E-state index contributed by atoms with van der Waals surface area (Å²) in [4.78, 5) is 10.7. The fraction of sp³-hybridized carbons (Fsp3) is 0.222. The summed E-state index contributed by atoms with van der Waals surface area (Å²) in [5.74, 6) is 0.635. The van der Waals surface area contributed by atoms with Gasteiger partial charge in [0.05, 0.1) is 12.2 Å². The van der Waals surface area contributed by atoms with E-state index in [0.717, 1.165) is 16.3 Å². The van der Waals surface area contributed by atoms with E-state index >= 15 is 0 Å². The van der Waals surface area contributed by atoms with Crippen molar-refractivity contribution >= 4 is 22.2 Å². The van der Waals surface area contributed by atoms with Crippen molar-refractivity contribution < 1.29 is 14.3 Å². The molecule has 13 heavy (non-hydrogen) atoms. The molecule has 0 saturated heterocycles. The molecule has 1 aliphatic rings. The molecule has 1 aromatic carbocycles. The lowest BCUT2D eigenvalue weighted by Crippen LogP contribution is -2.13. The third-order valence-corrected chi connectivity index (χ3v) is 2.58. The second-order valence-corrected chi connectivity index (χ2v) is 3.53. The fourth-order valence-corrected chi connectivity index (χ4v) is 1.67. The molecule has 0 atom stereocenters. The summed E-state index contributed by atoms with van der Waals surface area (Å²) >= 11 is 3.28. The normalized spacial score (nSPS) is 14.5. The van der Waals surface area contributed by atoms with Crippen molar-refractivity contribution in [3.05, 3.63) is 27.7 Å². The predicted octanol–water partition coefficient (Wildman–Crippen LogP) is 2.13. The molecule has 0 spiro atoms. The minimum atomic E-state index is 0.213. The van der Waals surface area contributed by atoms with E-state index in [9.17, 15) is 4.79 Å². The zero-order valence-electron chi connectivity index (χ0n) is 6.75. The molecule has 0 amide bonds. The summed E-state index contributed by atoms with van der Waals surface area (Å²) in [6.07, 6.45) is 0.786. The van der Waals surface area contributed by atoms with Gasteiger partial charge in [0.1, 0.15) is 5.75 Å². The van der Waals surface area contributed by atoms with E-state index in [2.05, 4.69) is 15.9 Å². The zero-order chi connectivity index (χ0) is 9.26. The number of carbonyl (C=O) groups is 1. The number of benzene rings is 1. The number of carbonyl (C=O) groups excluding carboxylic acids is 1. The first-order valence-electron chi connectivity index (χ1n) is 3.80. The average molecular weight is 243 g/mol. The van der Waals surface area contributed by atoms with Gasteiger partial charge in [-0.1, -0.05) is 6.07 Å². The van der Waals surface area contributed by atoms with Crippen LogP contribution in [0.5, 0.6) is 5.75 Å². The van der Waals surface area contributed by atoms with Crippen molar-refractivity contribution in [2.45, 2.75) is 6.61 Å². The van der Waals surface area contributed by atoms with E-state index < -0.39 is 0 Å². The largest absolute Gasteiger partial charge is 0.466 e. The smallest absolute Gasteiger partial charge is 0.189 e. The van der Waals surface area contributed by atoms with E-state index in [0.29, 0.717) is 17.9 Å². The van der Waals surface area contributed by atoms with Crippen LogP contribution < -0.4 is 4.74 Å². The van der Waals surface area contributed by atoms with Crippen LogP contribution in [0.3, 0.4) is 0 Å². The van der Waals surface area contributed by atoms with Crippen LogP contribution in [0, 0.1) is 0 Å². The second-order valence-electron chi connectivity index (χ2n) is 2.68. The van der Waals surface area contributed by atoms with Gasteiger partial charge in [-0.05, 0) is 22.0 Å². The molecular weight excluding hydrogens is 236 g/mol. The third kappa shape index (κ3) is 1.47. The van der Waals surface area contributed by atoms with Gasteiger partial charge in [-0.3, -0.25) is 4.79 Å². The lowest BCUT2D eigenvalue weighted by atomic mass is 10.1. The molecule has 0 aromatic heterocycles. The number of hydrogen-bond acceptors (Lipinski definition) is 3. The quantitative estimate of drug-likeness (QED) is 0.708. The Labute approximate surface area is 83.8 Å². The molecule has 0 bridgehead atoms. The SMILES string of the molecule is O=Cc1c(Br)ccc2c1OCOC2. The number of aldehydes is 1. The van der Waals surface area contributed by atoms with Crippen LogP contribution in [0.1, 0.15) is 15.9 Å². The van der Waals surface area contributed by atoms with E-state index in [1.165, 1.54) is 0 Å². The standard InChI is InChI=1S/C9H7BrO3/c10-8-2-1-6-4-12-5-13-9(6)7(8)3-11/h1-3H,4-5H2. The summed E-state index contributed by atoms with van der Waals surface area (Å²) in [6.45, 7) is 0.716. The van der Waals surface area contributed by atoms with Crippen LogP contribution in [-0.4, -0.2) is 13.1 Å². The molecular formula is C9H7BrO3. The Kier molecular flexibility index (Phi) is 2.33. The second kappa shape index (κ2) is 3.47. The van der Waals surface area contributed by atoms with Crippen LogP contribution in [-0.2, 0) is 11.3 Å². The van der Waals surface area contributed by atoms with E-state index in [4.69, 9.17) is 9.47 Å². The molecule has 0 saturated carbocycles. The van der Waals surface area contributed by atoms with Gasteiger partial charge in [0.2, 0.25) is 0 Å². The first kappa shape index (κ1) is 8.72. The monoisotopic (exact) mass is 242 g/mol. The Bertz CT molecular complexity index is 349. The summed E-state index contributed by atoms with van der Waals surface area (Å²) in [7, 11) is 0. The van der Waals surface area contributed by atoms with E-state index in [1.807, 2.05) is 12.1 Å². The molecule has 4 heteroatoms. The maximum Gasteiger partial charge on any atom is 0.189 e. The first-order chi connectivity index (χ1) is 6.33. The van der Waals surface area contributed by atoms with Crippen LogP contribution in [0.25, 0.3) is 0 Å². The van der Waals surface area contributed by atoms with Crippen molar-refractivity contribution in [1.29, 1.82) is 0 Å². The summed E-state index contributed by atoms with van der Waals surface area (Å²) in [6, 6.07) is 3.70. The van der Waals surface area contributed by atoms with Crippen molar-refractivity contribution in [2.75, 3.05) is 6.79 Å². The van der Waals surface area contributed by atoms with Crippen molar-refractivity contribution in [3.8, 4) is 5.75 Å². The maximum atomic E-state index is 10.7. The number of halogens is 1. The zero-order valence-corrected chi connectivity index (χ0v) is 8.33. The first-order valence-corrected chi connectivity index (χ1v) is 4.59. The maximum absolute atomic E-state index is 10.7. The van der Waals surface area contributed by atoms with Crippen molar-refractivity contribution in [3.63, 3.8) is 0 Å². The molecule has 1 aromatic rings. The highest BCUT2D eigenvalue weighted by Gasteiger charge is 2.16. The molecule has 3 nitrogen and oxygen atoms in total. The van der Waals surface area contributed by atoms with Gasteiger partial charge in [-0.25, -0.2) is 0 Å². The van der Waals surface area contributed by atoms with Gasteiger partial charge in [0.25, 0.3) is 0 Å². The highest BCUT2D eigenvalue weighted by atomic mass is 79.9. The highest BCUT2D eigenvalue weighted by molar-refractivity contribution is 9.10. The number of ether oxygens (including phenoxy) is 2. The van der Waals surface area contributed by atoms with Gasteiger partial charge in [0, 0.05) is 10.0 Å². The Morgan fingerprint density at radius 2 is 2.31 bits per heavy atom. The van der Waals surface area contributed by atoms with Crippen LogP contribution >= 0.6 is 15.9 Å². The Morgan fingerprint density at radius 3 is 3.08 bits per heavy atom. The molecule has 0 fully saturated rings. The molecule has 1 aliphatic heterocycles. The van der Waals surface area contributed by atoms with Gasteiger partial charge < -0.3 is 9.47 Å².